The van der Waals surface area contributed by atoms with Crippen LogP contribution in [0.3, 0.4) is 0 Å². The van der Waals surface area contributed by atoms with E-state index in [2.05, 4.69) is 67.9 Å². The molecule has 7 rings (SSSR count). The highest BCUT2D eigenvalue weighted by atomic mass is 15.3. The number of anilines is 3. The number of aromatic amines is 1. The Labute approximate surface area is 203 Å². The maximum absolute atomic E-state index is 4.91. The molecule has 4 aromatic heterocycles. The minimum atomic E-state index is 0.443. The molecule has 174 valence electrons. The van der Waals surface area contributed by atoms with Crippen molar-refractivity contribution >= 4 is 23.4 Å². The molecule has 5 aromatic rings. The highest BCUT2D eigenvalue weighted by Crippen LogP contribution is 2.54. The molecule has 2 N–H and O–H groups in total. The fourth-order valence-electron chi connectivity index (χ4n) is 5.28. The van der Waals surface area contributed by atoms with Gasteiger partial charge in [-0.1, -0.05) is 36.4 Å². The number of hydrogen-bond acceptors (Lipinski definition) is 6. The van der Waals surface area contributed by atoms with Crippen molar-refractivity contribution in [3.63, 3.8) is 0 Å². The minimum Gasteiger partial charge on any atom is -0.340 e. The maximum atomic E-state index is 4.91. The zero-order valence-corrected chi connectivity index (χ0v) is 19.2. The van der Waals surface area contributed by atoms with Gasteiger partial charge in [-0.2, -0.15) is 15.1 Å². The summed E-state index contributed by atoms with van der Waals surface area (Å²) in [6, 6.07) is 21.0. The zero-order valence-electron chi connectivity index (χ0n) is 19.2. The van der Waals surface area contributed by atoms with Gasteiger partial charge in [-0.05, 0) is 48.1 Å². The normalized spacial score (nSPS) is 21.5. The molecular weight excluding hydrogens is 436 g/mol. The first-order valence-corrected chi connectivity index (χ1v) is 12.2. The molecule has 0 spiro atoms. The van der Waals surface area contributed by atoms with Gasteiger partial charge in [0.15, 0.2) is 0 Å². The monoisotopic (exact) mass is 462 g/mol. The summed E-state index contributed by atoms with van der Waals surface area (Å²) in [4.78, 5) is 16.3. The van der Waals surface area contributed by atoms with E-state index in [4.69, 9.17) is 9.97 Å². The number of nitrogens with one attached hydrogen (secondary N) is 2. The lowest BCUT2D eigenvalue weighted by molar-refractivity contribution is 0.767. The Kier molecular flexibility index (Phi) is 4.75. The summed E-state index contributed by atoms with van der Waals surface area (Å²) in [7, 11) is 0. The zero-order chi connectivity index (χ0) is 23.2. The van der Waals surface area contributed by atoms with Crippen molar-refractivity contribution in [2.45, 2.75) is 30.6 Å². The van der Waals surface area contributed by atoms with E-state index in [0.29, 0.717) is 17.8 Å². The van der Waals surface area contributed by atoms with E-state index >= 15 is 0 Å². The fraction of sp³-hybridized carbons (Fsp3) is 0.259. The number of H-pyrrole nitrogens is 1. The Balaban J connectivity index is 1.11. The van der Waals surface area contributed by atoms with Crippen LogP contribution in [-0.4, -0.2) is 42.6 Å². The summed E-state index contributed by atoms with van der Waals surface area (Å²) >= 11 is 0. The number of benzene rings is 1. The van der Waals surface area contributed by atoms with E-state index in [0.717, 1.165) is 55.0 Å². The standard InChI is InChI=1S/C27H26N8/c1-2-6-18(7-3-1)21-14-22(21)23-15-24(33-32-23)29-27-31-26(30-25-9-5-12-35(25)27)34-13-10-20(17-34)19-8-4-11-28-16-19/h1-9,11-12,15-16,20-22H,10,13-14,17H2,(H2,29,30,31,32,33)/t20?,21-,22+/m1/s1. The molecule has 3 atom stereocenters. The van der Waals surface area contributed by atoms with Crippen molar-refractivity contribution in [2.75, 3.05) is 23.3 Å². The van der Waals surface area contributed by atoms with Gasteiger partial charge in [0.05, 0.1) is 5.69 Å². The average molecular weight is 463 g/mol. The van der Waals surface area contributed by atoms with E-state index < -0.39 is 0 Å². The molecule has 35 heavy (non-hydrogen) atoms. The van der Waals surface area contributed by atoms with Gasteiger partial charge in [0.25, 0.3) is 0 Å². The Morgan fingerprint density at radius 3 is 2.74 bits per heavy atom. The van der Waals surface area contributed by atoms with Crippen LogP contribution in [0.2, 0.25) is 0 Å². The molecule has 8 nitrogen and oxygen atoms in total. The first kappa shape index (κ1) is 20.2. The number of nitrogens with zero attached hydrogens (tertiary/aromatic N) is 6. The summed E-state index contributed by atoms with van der Waals surface area (Å²) in [6.07, 6.45) is 7.98. The Bertz CT molecular complexity index is 1460. The van der Waals surface area contributed by atoms with Crippen molar-refractivity contribution in [1.82, 2.24) is 29.5 Å². The number of hydrogen-bond donors (Lipinski definition) is 2. The quantitative estimate of drug-likeness (QED) is 0.375. The van der Waals surface area contributed by atoms with E-state index in [-0.39, 0.29) is 0 Å². The number of aromatic nitrogens is 6. The summed E-state index contributed by atoms with van der Waals surface area (Å²) in [5, 5.41) is 11.2. The topological polar surface area (TPSA) is 87.0 Å². The number of pyridine rings is 1. The minimum absolute atomic E-state index is 0.443. The molecule has 2 aliphatic rings. The third kappa shape index (κ3) is 3.80. The van der Waals surface area contributed by atoms with Gasteiger partial charge in [-0.15, -0.1) is 0 Å². The smallest absolute Gasteiger partial charge is 0.230 e. The second-order valence-corrected chi connectivity index (χ2v) is 9.49. The van der Waals surface area contributed by atoms with Crippen LogP contribution in [0.25, 0.3) is 5.65 Å². The van der Waals surface area contributed by atoms with Crippen LogP contribution in [0.15, 0.2) is 79.3 Å². The van der Waals surface area contributed by atoms with Crippen LogP contribution in [0.1, 0.15) is 47.4 Å². The van der Waals surface area contributed by atoms with E-state index in [1.165, 1.54) is 11.1 Å². The highest BCUT2D eigenvalue weighted by molar-refractivity contribution is 5.58. The molecule has 1 aliphatic carbocycles. The van der Waals surface area contributed by atoms with Crippen molar-refractivity contribution < 1.29 is 0 Å². The first-order valence-electron chi connectivity index (χ1n) is 12.2. The van der Waals surface area contributed by atoms with E-state index in [1.807, 2.05) is 41.2 Å². The van der Waals surface area contributed by atoms with Crippen LogP contribution < -0.4 is 10.2 Å². The van der Waals surface area contributed by atoms with Crippen molar-refractivity contribution in [3.8, 4) is 0 Å². The van der Waals surface area contributed by atoms with Gasteiger partial charge >= 0.3 is 0 Å². The van der Waals surface area contributed by atoms with Crippen LogP contribution in [0, 0.1) is 0 Å². The Morgan fingerprint density at radius 2 is 1.86 bits per heavy atom. The third-order valence-electron chi connectivity index (χ3n) is 7.25. The number of fused-ring (bicyclic) bond motifs is 1. The van der Waals surface area contributed by atoms with E-state index in [9.17, 15) is 0 Å². The molecule has 0 bridgehead atoms. The van der Waals surface area contributed by atoms with Crippen molar-refractivity contribution in [3.05, 3.63) is 96.1 Å². The van der Waals surface area contributed by atoms with Crippen molar-refractivity contribution in [2.24, 2.45) is 0 Å². The second kappa shape index (κ2) is 8.23. The highest BCUT2D eigenvalue weighted by Gasteiger charge is 2.41. The molecule has 0 radical (unpaired) electrons. The molecule has 0 amide bonds. The molecule has 1 aromatic carbocycles. The van der Waals surface area contributed by atoms with Crippen LogP contribution in [0.5, 0.6) is 0 Å². The Morgan fingerprint density at radius 1 is 0.943 bits per heavy atom. The van der Waals surface area contributed by atoms with Crippen LogP contribution in [0.4, 0.5) is 17.7 Å². The van der Waals surface area contributed by atoms with Gasteiger partial charge in [-0.25, -0.2) is 0 Å². The summed E-state index contributed by atoms with van der Waals surface area (Å²) < 4.78 is 1.97. The van der Waals surface area contributed by atoms with Gasteiger partial charge < -0.3 is 10.2 Å². The lowest BCUT2D eigenvalue weighted by Crippen LogP contribution is -2.23. The maximum Gasteiger partial charge on any atom is 0.230 e. The van der Waals surface area contributed by atoms with Gasteiger partial charge in [0, 0.05) is 49.6 Å². The molecule has 1 unspecified atom stereocenters. The Hall–Kier alpha value is -4.20. The fourth-order valence-corrected chi connectivity index (χ4v) is 5.28. The molecular formula is C27H26N8. The molecule has 2 fully saturated rings. The SMILES string of the molecule is c1ccc([C@H]2C[C@@H]2c2cc(Nc3nc(N4CCC(c5cccnc5)C4)nc4cccn34)[nH]n2)cc1. The predicted octanol–water partition coefficient (Wildman–Crippen LogP) is 4.86. The van der Waals surface area contributed by atoms with Gasteiger partial charge in [-0.3, -0.25) is 14.5 Å². The molecule has 8 heteroatoms. The lowest BCUT2D eigenvalue weighted by Gasteiger charge is -2.18. The first-order chi connectivity index (χ1) is 17.3. The van der Waals surface area contributed by atoms with Crippen LogP contribution in [-0.2, 0) is 0 Å². The van der Waals surface area contributed by atoms with E-state index in [1.54, 1.807) is 0 Å². The summed E-state index contributed by atoms with van der Waals surface area (Å²) in [5.41, 5.74) is 4.63. The summed E-state index contributed by atoms with van der Waals surface area (Å²) in [6.45, 7) is 1.81. The molecule has 1 saturated heterocycles. The van der Waals surface area contributed by atoms with Gasteiger partial charge in [0.2, 0.25) is 11.9 Å². The van der Waals surface area contributed by atoms with Gasteiger partial charge in [0.1, 0.15) is 11.5 Å². The van der Waals surface area contributed by atoms with Crippen LogP contribution >= 0.6 is 0 Å². The average Bonchev–Trinajstić information content (AvgIpc) is 3.28. The molecule has 5 heterocycles. The molecule has 1 aliphatic heterocycles. The largest absolute Gasteiger partial charge is 0.340 e. The molecule has 1 saturated carbocycles. The summed E-state index contributed by atoms with van der Waals surface area (Å²) in [5.74, 6) is 3.77. The van der Waals surface area contributed by atoms with Crippen molar-refractivity contribution in [1.29, 1.82) is 0 Å². The predicted molar refractivity (Wildman–Crippen MR) is 135 cm³/mol. The number of rotatable bonds is 6. The lowest BCUT2D eigenvalue weighted by atomic mass is 10.0. The second-order valence-electron chi connectivity index (χ2n) is 9.49. The third-order valence-corrected chi connectivity index (χ3v) is 7.25.